The van der Waals surface area contributed by atoms with Gasteiger partial charge in [-0.15, -0.1) is 0 Å². The smallest absolute Gasteiger partial charge is 0.335 e. The minimum Gasteiger partial charge on any atom is -0.478 e. The van der Waals surface area contributed by atoms with Gasteiger partial charge in [0.05, 0.1) is 11.8 Å². The van der Waals surface area contributed by atoms with Gasteiger partial charge in [-0.25, -0.2) is 9.18 Å². The molecule has 0 amide bonds. The molecule has 16 heavy (non-hydrogen) atoms. The number of pyridine rings is 1. The molecule has 0 aliphatic rings. The lowest BCUT2D eigenvalue weighted by Crippen LogP contribution is -1.95. The average Bonchev–Trinajstić information content (AvgIpc) is 2.30. The van der Waals surface area contributed by atoms with Crippen LogP contribution in [0.3, 0.4) is 0 Å². The Morgan fingerprint density at radius 3 is 2.44 bits per heavy atom. The van der Waals surface area contributed by atoms with E-state index in [1.54, 1.807) is 18.2 Å². The fraction of sp³-hybridized carbons (Fsp3) is 0. The Hall–Kier alpha value is -2.23. The number of benzene rings is 1. The van der Waals surface area contributed by atoms with E-state index in [4.69, 9.17) is 5.11 Å². The van der Waals surface area contributed by atoms with Crippen LogP contribution in [0.25, 0.3) is 11.1 Å². The molecule has 0 aliphatic carbocycles. The number of aromatic nitrogens is 1. The van der Waals surface area contributed by atoms with Gasteiger partial charge in [-0.2, -0.15) is 0 Å². The van der Waals surface area contributed by atoms with E-state index in [0.29, 0.717) is 11.1 Å². The van der Waals surface area contributed by atoms with Crippen LogP contribution in [0.4, 0.5) is 4.39 Å². The summed E-state index contributed by atoms with van der Waals surface area (Å²) in [5, 5.41) is 8.72. The minimum atomic E-state index is -0.998. The SMILES string of the molecule is O=C(O)c1ccc(-c2ccncc2F)cc1. The molecule has 0 atom stereocenters. The van der Waals surface area contributed by atoms with Crippen LogP contribution in [0.5, 0.6) is 0 Å². The van der Waals surface area contributed by atoms with Gasteiger partial charge in [0.15, 0.2) is 0 Å². The fourth-order valence-electron chi connectivity index (χ4n) is 1.40. The van der Waals surface area contributed by atoms with Crippen LogP contribution in [-0.4, -0.2) is 16.1 Å². The van der Waals surface area contributed by atoms with Gasteiger partial charge in [-0.05, 0) is 23.8 Å². The summed E-state index contributed by atoms with van der Waals surface area (Å²) in [6.45, 7) is 0. The third kappa shape index (κ3) is 1.91. The normalized spacial score (nSPS) is 10.1. The molecule has 0 saturated heterocycles. The predicted octanol–water partition coefficient (Wildman–Crippen LogP) is 2.59. The lowest BCUT2D eigenvalue weighted by atomic mass is 10.0. The van der Waals surface area contributed by atoms with E-state index in [-0.39, 0.29) is 5.56 Å². The summed E-state index contributed by atoms with van der Waals surface area (Å²) in [7, 11) is 0. The lowest BCUT2D eigenvalue weighted by molar-refractivity contribution is 0.0697. The highest BCUT2D eigenvalue weighted by molar-refractivity contribution is 5.88. The number of hydrogen-bond donors (Lipinski definition) is 1. The molecule has 3 nitrogen and oxygen atoms in total. The summed E-state index contributed by atoms with van der Waals surface area (Å²) in [5.74, 6) is -1.42. The van der Waals surface area contributed by atoms with Crippen molar-refractivity contribution in [2.24, 2.45) is 0 Å². The molecule has 80 valence electrons. The van der Waals surface area contributed by atoms with E-state index in [9.17, 15) is 9.18 Å². The summed E-state index contributed by atoms with van der Waals surface area (Å²) in [6, 6.07) is 7.57. The molecule has 1 aromatic carbocycles. The maximum Gasteiger partial charge on any atom is 0.335 e. The molecule has 1 aromatic heterocycles. The second kappa shape index (κ2) is 4.10. The third-order valence-corrected chi connectivity index (χ3v) is 2.22. The van der Waals surface area contributed by atoms with Crippen LogP contribution < -0.4 is 0 Å². The van der Waals surface area contributed by atoms with E-state index >= 15 is 0 Å². The van der Waals surface area contributed by atoms with Gasteiger partial charge in [0.2, 0.25) is 0 Å². The zero-order valence-electron chi connectivity index (χ0n) is 8.22. The van der Waals surface area contributed by atoms with Crippen LogP contribution in [0.2, 0.25) is 0 Å². The minimum absolute atomic E-state index is 0.179. The molecule has 2 rings (SSSR count). The van der Waals surface area contributed by atoms with Gasteiger partial charge in [0, 0.05) is 11.8 Å². The van der Waals surface area contributed by atoms with Crippen molar-refractivity contribution < 1.29 is 14.3 Å². The second-order valence-electron chi connectivity index (χ2n) is 3.24. The Bertz CT molecular complexity index is 523. The molecule has 2 aromatic rings. The van der Waals surface area contributed by atoms with E-state index in [0.717, 1.165) is 6.20 Å². The van der Waals surface area contributed by atoms with Gasteiger partial charge in [-0.1, -0.05) is 12.1 Å². The number of rotatable bonds is 2. The van der Waals surface area contributed by atoms with Crippen LogP contribution in [0, 0.1) is 5.82 Å². The number of halogens is 1. The van der Waals surface area contributed by atoms with Crippen LogP contribution in [0.1, 0.15) is 10.4 Å². The van der Waals surface area contributed by atoms with Crippen molar-refractivity contribution in [3.8, 4) is 11.1 Å². The Balaban J connectivity index is 2.43. The van der Waals surface area contributed by atoms with E-state index in [1.165, 1.54) is 18.3 Å². The van der Waals surface area contributed by atoms with Crippen LogP contribution in [0.15, 0.2) is 42.7 Å². The average molecular weight is 217 g/mol. The highest BCUT2D eigenvalue weighted by atomic mass is 19.1. The summed E-state index contributed by atoms with van der Waals surface area (Å²) in [6.07, 6.45) is 2.62. The monoisotopic (exact) mass is 217 g/mol. The molecule has 1 N–H and O–H groups in total. The Kier molecular flexibility index (Phi) is 2.64. The number of carboxylic acids is 1. The zero-order valence-corrected chi connectivity index (χ0v) is 8.22. The maximum atomic E-state index is 13.4. The van der Waals surface area contributed by atoms with Gasteiger partial charge in [-0.3, -0.25) is 4.98 Å². The molecule has 0 unspecified atom stereocenters. The van der Waals surface area contributed by atoms with Crippen molar-refractivity contribution in [1.82, 2.24) is 4.98 Å². The topological polar surface area (TPSA) is 50.2 Å². The Labute approximate surface area is 91.2 Å². The van der Waals surface area contributed by atoms with Gasteiger partial charge >= 0.3 is 5.97 Å². The Morgan fingerprint density at radius 2 is 1.88 bits per heavy atom. The maximum absolute atomic E-state index is 13.4. The molecule has 0 radical (unpaired) electrons. The van der Waals surface area contributed by atoms with Crippen LogP contribution in [-0.2, 0) is 0 Å². The first-order chi connectivity index (χ1) is 7.68. The van der Waals surface area contributed by atoms with Gasteiger partial charge < -0.3 is 5.11 Å². The van der Waals surface area contributed by atoms with Crippen molar-refractivity contribution in [3.05, 3.63) is 54.1 Å². The standard InChI is InChI=1S/C12H8FNO2/c13-11-7-14-6-5-10(11)8-1-3-9(4-2-8)12(15)16/h1-7H,(H,15,16). The molecule has 0 saturated carbocycles. The number of nitrogens with zero attached hydrogens (tertiary/aromatic N) is 1. The highest BCUT2D eigenvalue weighted by Crippen LogP contribution is 2.21. The van der Waals surface area contributed by atoms with E-state index in [2.05, 4.69) is 4.98 Å². The first kappa shape index (κ1) is 10.3. The van der Waals surface area contributed by atoms with Crippen LogP contribution >= 0.6 is 0 Å². The van der Waals surface area contributed by atoms with Crippen molar-refractivity contribution in [2.45, 2.75) is 0 Å². The lowest BCUT2D eigenvalue weighted by Gasteiger charge is -2.02. The molecule has 0 bridgehead atoms. The van der Waals surface area contributed by atoms with Crippen molar-refractivity contribution in [3.63, 3.8) is 0 Å². The largest absolute Gasteiger partial charge is 0.478 e. The summed E-state index contributed by atoms with van der Waals surface area (Å²) < 4.78 is 13.4. The molecule has 4 heteroatoms. The van der Waals surface area contributed by atoms with Gasteiger partial charge in [0.1, 0.15) is 5.82 Å². The number of hydrogen-bond acceptors (Lipinski definition) is 2. The van der Waals surface area contributed by atoms with Crippen molar-refractivity contribution in [2.75, 3.05) is 0 Å². The molecular weight excluding hydrogens is 209 g/mol. The summed E-state index contributed by atoms with van der Waals surface area (Å²) >= 11 is 0. The molecular formula is C12H8FNO2. The van der Waals surface area contributed by atoms with Crippen molar-refractivity contribution >= 4 is 5.97 Å². The third-order valence-electron chi connectivity index (χ3n) is 2.22. The zero-order chi connectivity index (χ0) is 11.5. The summed E-state index contributed by atoms with van der Waals surface area (Å²) in [4.78, 5) is 14.3. The molecule has 1 heterocycles. The van der Waals surface area contributed by atoms with Crippen molar-refractivity contribution in [1.29, 1.82) is 0 Å². The van der Waals surface area contributed by atoms with E-state index in [1.807, 2.05) is 0 Å². The quantitative estimate of drug-likeness (QED) is 0.841. The van der Waals surface area contributed by atoms with Gasteiger partial charge in [0.25, 0.3) is 0 Å². The first-order valence-corrected chi connectivity index (χ1v) is 4.62. The molecule has 0 spiro atoms. The number of carboxylic acid groups (broad SMARTS) is 1. The molecule has 0 aliphatic heterocycles. The first-order valence-electron chi connectivity index (χ1n) is 4.62. The summed E-state index contributed by atoms with van der Waals surface area (Å²) in [5.41, 5.74) is 1.22. The number of carbonyl (C=O) groups is 1. The highest BCUT2D eigenvalue weighted by Gasteiger charge is 2.06. The fourth-order valence-corrected chi connectivity index (χ4v) is 1.40. The second-order valence-corrected chi connectivity index (χ2v) is 3.24. The van der Waals surface area contributed by atoms with E-state index < -0.39 is 11.8 Å². The predicted molar refractivity (Wildman–Crippen MR) is 56.6 cm³/mol. The Morgan fingerprint density at radius 1 is 1.19 bits per heavy atom. The molecule has 0 fully saturated rings. The number of aromatic carboxylic acids is 1.